The molecular weight excluding hydrogens is 338 g/mol. The summed E-state index contributed by atoms with van der Waals surface area (Å²) in [6, 6.07) is 11.7. The van der Waals surface area contributed by atoms with E-state index in [1.807, 2.05) is 41.1 Å². The fourth-order valence-electron chi connectivity index (χ4n) is 3.83. The van der Waals surface area contributed by atoms with Crippen LogP contribution in [0.3, 0.4) is 0 Å². The van der Waals surface area contributed by atoms with Gasteiger partial charge in [-0.3, -0.25) is 9.78 Å². The van der Waals surface area contributed by atoms with Crippen molar-refractivity contribution in [3.63, 3.8) is 0 Å². The summed E-state index contributed by atoms with van der Waals surface area (Å²) in [5, 5.41) is 8.12. The number of nitrogens with one attached hydrogen (secondary N) is 1. The Hall–Kier alpha value is -3.28. The summed E-state index contributed by atoms with van der Waals surface area (Å²) in [6.07, 6.45) is 5.84. The largest absolute Gasteiger partial charge is 0.328 e. The molecule has 1 atom stereocenters. The number of anilines is 1. The third-order valence-corrected chi connectivity index (χ3v) is 5.18. The van der Waals surface area contributed by atoms with E-state index in [2.05, 4.69) is 17.2 Å². The summed E-state index contributed by atoms with van der Waals surface area (Å²) < 4.78 is 1.83. The quantitative estimate of drug-likeness (QED) is 0.757. The lowest BCUT2D eigenvalue weighted by molar-refractivity contribution is -0.116. The first-order chi connectivity index (χ1) is 13.2. The minimum absolute atomic E-state index is 0.177. The third kappa shape index (κ3) is 2.65. The van der Waals surface area contributed by atoms with Gasteiger partial charge in [-0.2, -0.15) is 4.98 Å². The van der Waals surface area contributed by atoms with Gasteiger partial charge in [0.1, 0.15) is 6.04 Å². The van der Waals surface area contributed by atoms with E-state index in [-0.39, 0.29) is 11.8 Å². The van der Waals surface area contributed by atoms with Gasteiger partial charge in [-0.1, -0.05) is 35.9 Å². The molecule has 0 unspecified atom stereocenters. The molecule has 0 bridgehead atoms. The summed E-state index contributed by atoms with van der Waals surface area (Å²) in [4.78, 5) is 21.7. The van der Waals surface area contributed by atoms with Crippen LogP contribution in [-0.2, 0) is 4.79 Å². The summed E-state index contributed by atoms with van der Waals surface area (Å²) >= 11 is 0. The van der Waals surface area contributed by atoms with Crippen molar-refractivity contribution in [2.75, 3.05) is 5.32 Å². The monoisotopic (exact) mass is 357 g/mol. The first kappa shape index (κ1) is 15.9. The van der Waals surface area contributed by atoms with Gasteiger partial charge in [0.15, 0.2) is 11.6 Å². The van der Waals surface area contributed by atoms with Crippen LogP contribution >= 0.6 is 0 Å². The Morgan fingerprint density at radius 1 is 1.15 bits per heavy atom. The zero-order valence-electron chi connectivity index (χ0n) is 15.0. The van der Waals surface area contributed by atoms with Crippen LogP contribution in [-0.4, -0.2) is 25.5 Å². The second kappa shape index (κ2) is 6.16. The molecule has 2 aromatic heterocycles. The third-order valence-electron chi connectivity index (χ3n) is 5.18. The summed E-state index contributed by atoms with van der Waals surface area (Å²) in [5.74, 6) is 1.50. The van der Waals surface area contributed by atoms with Crippen LogP contribution in [0.25, 0.3) is 11.4 Å². The molecule has 0 radical (unpaired) electrons. The molecule has 0 saturated heterocycles. The predicted molar refractivity (Wildman–Crippen MR) is 102 cm³/mol. The average molecular weight is 357 g/mol. The first-order valence-corrected chi connectivity index (χ1v) is 9.17. The van der Waals surface area contributed by atoms with Crippen LogP contribution in [0.5, 0.6) is 0 Å². The molecule has 1 aliphatic carbocycles. The van der Waals surface area contributed by atoms with E-state index < -0.39 is 0 Å². The van der Waals surface area contributed by atoms with Crippen LogP contribution in [0.4, 0.5) is 5.95 Å². The van der Waals surface area contributed by atoms with E-state index in [1.165, 1.54) is 5.56 Å². The van der Waals surface area contributed by atoms with Crippen molar-refractivity contribution in [2.24, 2.45) is 0 Å². The van der Waals surface area contributed by atoms with Crippen LogP contribution in [0.2, 0.25) is 0 Å². The first-order valence-electron chi connectivity index (χ1n) is 9.17. The van der Waals surface area contributed by atoms with Crippen molar-refractivity contribution in [2.45, 2.75) is 32.2 Å². The Balaban J connectivity index is 1.67. The number of nitrogens with zero attached hydrogens (tertiary/aromatic N) is 4. The van der Waals surface area contributed by atoms with E-state index in [4.69, 9.17) is 10.1 Å². The number of carbonyl (C=O) groups excluding carboxylic acids is 1. The van der Waals surface area contributed by atoms with Gasteiger partial charge in [0.2, 0.25) is 5.95 Å². The van der Waals surface area contributed by atoms with E-state index in [1.54, 1.807) is 12.4 Å². The Labute approximate surface area is 157 Å². The van der Waals surface area contributed by atoms with Crippen molar-refractivity contribution >= 4 is 11.7 Å². The standard InChI is InChI=1S/C21H19N5O/c1-13-7-9-14(10-8-13)20-24-21-23-16-5-2-6-17(27)18(16)19(26(21)25-20)15-4-3-11-22-12-15/h3-4,7-12,19H,2,5-6H2,1H3,(H,23,24,25)/t19-/m0/s1. The average Bonchev–Trinajstić information content (AvgIpc) is 3.11. The fraction of sp³-hybridized carbons (Fsp3) is 0.238. The Bertz CT molecular complexity index is 1050. The predicted octanol–water partition coefficient (Wildman–Crippen LogP) is 3.67. The van der Waals surface area contributed by atoms with Gasteiger partial charge in [-0.25, -0.2) is 4.68 Å². The van der Waals surface area contributed by atoms with Crippen LogP contribution in [0, 0.1) is 6.92 Å². The number of hydrogen-bond donors (Lipinski definition) is 1. The SMILES string of the molecule is Cc1ccc(-c2nc3n(n2)[C@@H](c2cccnc2)C2=C(CCCC2=O)N3)cc1. The van der Waals surface area contributed by atoms with Gasteiger partial charge < -0.3 is 5.32 Å². The van der Waals surface area contributed by atoms with E-state index in [0.717, 1.165) is 35.2 Å². The van der Waals surface area contributed by atoms with Crippen molar-refractivity contribution in [1.29, 1.82) is 0 Å². The lowest BCUT2D eigenvalue weighted by Gasteiger charge is -2.31. The maximum Gasteiger partial charge on any atom is 0.226 e. The summed E-state index contributed by atoms with van der Waals surface area (Å²) in [7, 11) is 0. The number of aromatic nitrogens is 4. The minimum atomic E-state index is -0.288. The maximum atomic E-state index is 12.8. The zero-order chi connectivity index (χ0) is 18.4. The number of hydrogen-bond acceptors (Lipinski definition) is 5. The van der Waals surface area contributed by atoms with E-state index in [0.29, 0.717) is 18.2 Å². The number of rotatable bonds is 2. The number of ketones is 1. The van der Waals surface area contributed by atoms with Crippen LogP contribution in [0.1, 0.15) is 36.4 Å². The molecule has 0 spiro atoms. The van der Waals surface area contributed by atoms with Crippen molar-refractivity contribution in [3.8, 4) is 11.4 Å². The van der Waals surface area contributed by atoms with Gasteiger partial charge in [-0.15, -0.1) is 5.10 Å². The molecule has 1 aliphatic heterocycles. The molecule has 27 heavy (non-hydrogen) atoms. The highest BCUT2D eigenvalue weighted by atomic mass is 16.1. The molecule has 1 aromatic carbocycles. The molecule has 6 nitrogen and oxygen atoms in total. The number of benzene rings is 1. The molecule has 3 heterocycles. The lowest BCUT2D eigenvalue weighted by atomic mass is 9.86. The van der Waals surface area contributed by atoms with Crippen LogP contribution in [0.15, 0.2) is 60.1 Å². The Morgan fingerprint density at radius 2 is 2.00 bits per heavy atom. The topological polar surface area (TPSA) is 72.7 Å². The molecule has 0 fully saturated rings. The molecule has 3 aromatic rings. The highest BCUT2D eigenvalue weighted by Gasteiger charge is 2.36. The van der Waals surface area contributed by atoms with Gasteiger partial charge >= 0.3 is 0 Å². The van der Waals surface area contributed by atoms with E-state index >= 15 is 0 Å². The number of allylic oxidation sites excluding steroid dienone is 2. The fourth-order valence-corrected chi connectivity index (χ4v) is 3.83. The maximum absolute atomic E-state index is 12.8. The second-order valence-electron chi connectivity index (χ2n) is 7.05. The van der Waals surface area contributed by atoms with Gasteiger partial charge in [0.05, 0.1) is 0 Å². The zero-order valence-corrected chi connectivity index (χ0v) is 15.0. The normalized spacial score (nSPS) is 18.7. The smallest absolute Gasteiger partial charge is 0.226 e. The van der Waals surface area contributed by atoms with Crippen molar-refractivity contribution in [3.05, 3.63) is 71.2 Å². The number of aryl methyl sites for hydroxylation is 1. The number of carbonyl (C=O) groups is 1. The number of fused-ring (bicyclic) bond motifs is 1. The molecule has 5 rings (SSSR count). The van der Waals surface area contributed by atoms with Gasteiger partial charge in [0.25, 0.3) is 0 Å². The van der Waals surface area contributed by atoms with Crippen LogP contribution < -0.4 is 5.32 Å². The highest BCUT2D eigenvalue weighted by molar-refractivity contribution is 5.99. The molecule has 6 heteroatoms. The second-order valence-corrected chi connectivity index (χ2v) is 7.05. The molecule has 2 aliphatic rings. The highest BCUT2D eigenvalue weighted by Crippen LogP contribution is 2.40. The molecule has 0 saturated carbocycles. The Kier molecular flexibility index (Phi) is 3.63. The number of pyridine rings is 1. The van der Waals surface area contributed by atoms with Gasteiger partial charge in [-0.05, 0) is 31.4 Å². The molecular formula is C21H19N5O. The minimum Gasteiger partial charge on any atom is -0.328 e. The lowest BCUT2D eigenvalue weighted by Crippen LogP contribution is -2.31. The van der Waals surface area contributed by atoms with Gasteiger partial charge in [0, 0.05) is 35.6 Å². The van der Waals surface area contributed by atoms with E-state index in [9.17, 15) is 4.79 Å². The molecule has 134 valence electrons. The molecule has 1 N–H and O–H groups in total. The molecule has 0 amide bonds. The van der Waals surface area contributed by atoms with Crippen molar-refractivity contribution in [1.82, 2.24) is 19.7 Å². The van der Waals surface area contributed by atoms with Crippen molar-refractivity contribution < 1.29 is 4.79 Å². The number of Topliss-reactive ketones (excluding diaryl/α,β-unsaturated/α-hetero) is 1. The summed E-state index contributed by atoms with van der Waals surface area (Å²) in [5.41, 5.74) is 4.86. The Morgan fingerprint density at radius 3 is 2.78 bits per heavy atom. The summed E-state index contributed by atoms with van der Waals surface area (Å²) in [6.45, 7) is 2.05.